The maximum Gasteiger partial charge on any atom is 0.410 e. The highest BCUT2D eigenvalue weighted by Gasteiger charge is 2.38. The van der Waals surface area contributed by atoms with Crippen LogP contribution >= 0.6 is 0 Å². The Labute approximate surface area is 249 Å². The molecule has 1 atom stereocenters. The number of aromatic nitrogens is 5. The van der Waals surface area contributed by atoms with E-state index in [2.05, 4.69) is 15.4 Å². The van der Waals surface area contributed by atoms with Crippen LogP contribution in [0.2, 0.25) is 0 Å². The van der Waals surface area contributed by atoms with Crippen LogP contribution in [0.15, 0.2) is 36.8 Å². The van der Waals surface area contributed by atoms with E-state index in [-0.39, 0.29) is 19.0 Å². The maximum atomic E-state index is 13.2. The van der Waals surface area contributed by atoms with Gasteiger partial charge in [-0.05, 0) is 60.6 Å². The molecule has 1 aromatic carbocycles. The number of nitrogens with zero attached hydrogens (tertiary/aromatic N) is 7. The molecule has 3 aromatic heterocycles. The van der Waals surface area contributed by atoms with Crippen molar-refractivity contribution in [2.24, 2.45) is 7.05 Å². The van der Waals surface area contributed by atoms with Gasteiger partial charge in [0.25, 0.3) is 5.91 Å². The van der Waals surface area contributed by atoms with Crippen LogP contribution in [0.4, 0.5) is 15.4 Å². The molecule has 0 spiro atoms. The molecule has 228 valence electrons. The molecule has 1 aliphatic heterocycles. The average Bonchev–Trinajstić information content (AvgIpc) is 3.45. The number of aryl methyl sites for hydroxylation is 2. The van der Waals surface area contributed by atoms with E-state index in [0.29, 0.717) is 29.3 Å². The van der Waals surface area contributed by atoms with E-state index in [0.717, 1.165) is 16.6 Å². The number of imidazole rings is 1. The lowest BCUT2D eigenvalue weighted by Gasteiger charge is -2.41. The second-order valence-electron chi connectivity index (χ2n) is 12.7. The van der Waals surface area contributed by atoms with Crippen molar-refractivity contribution in [3.05, 3.63) is 53.7 Å². The lowest BCUT2D eigenvalue weighted by atomic mass is 10.1. The molecule has 1 aliphatic rings. The van der Waals surface area contributed by atoms with Crippen molar-refractivity contribution in [2.75, 3.05) is 25.0 Å². The van der Waals surface area contributed by atoms with Gasteiger partial charge in [0, 0.05) is 37.3 Å². The quantitative estimate of drug-likeness (QED) is 0.363. The van der Waals surface area contributed by atoms with Gasteiger partial charge in [0.05, 0.1) is 41.9 Å². The van der Waals surface area contributed by atoms with Gasteiger partial charge in [0.1, 0.15) is 17.0 Å². The number of amides is 3. The molecule has 1 unspecified atom stereocenters. The van der Waals surface area contributed by atoms with E-state index in [1.54, 1.807) is 70.4 Å². The number of rotatable bonds is 3. The molecule has 13 nitrogen and oxygen atoms in total. The third-order valence-corrected chi connectivity index (χ3v) is 6.90. The number of hydrogen-bond acceptors (Lipinski definition) is 8. The van der Waals surface area contributed by atoms with Gasteiger partial charge in [-0.15, -0.1) is 0 Å². The molecular formula is C30H38N8O5. The normalized spacial score (nSPS) is 16.0. The van der Waals surface area contributed by atoms with Crippen molar-refractivity contribution in [1.29, 1.82) is 0 Å². The fraction of sp³-hybridized carbons (Fsp3) is 0.467. The number of carbonyl (C=O) groups excluding carboxylic acids is 3. The Hall–Kier alpha value is -4.68. The highest BCUT2D eigenvalue weighted by Crippen LogP contribution is 2.29. The first kappa shape index (κ1) is 29.8. The maximum absolute atomic E-state index is 13.2. The minimum Gasteiger partial charge on any atom is -0.444 e. The molecule has 4 heterocycles. The monoisotopic (exact) mass is 590 g/mol. The number of anilines is 1. The van der Waals surface area contributed by atoms with E-state index in [4.69, 9.17) is 14.5 Å². The van der Waals surface area contributed by atoms with Gasteiger partial charge in [-0.3, -0.25) is 14.4 Å². The van der Waals surface area contributed by atoms with Crippen molar-refractivity contribution in [1.82, 2.24) is 33.9 Å². The largest absolute Gasteiger partial charge is 0.444 e. The van der Waals surface area contributed by atoms with E-state index in [9.17, 15) is 14.4 Å². The number of fused-ring (bicyclic) bond motifs is 2. The van der Waals surface area contributed by atoms with Crippen LogP contribution in [0, 0.1) is 6.92 Å². The molecular weight excluding hydrogens is 552 g/mol. The van der Waals surface area contributed by atoms with Gasteiger partial charge >= 0.3 is 12.2 Å². The van der Waals surface area contributed by atoms with Crippen LogP contribution in [0.3, 0.4) is 0 Å². The van der Waals surface area contributed by atoms with Gasteiger partial charge in [0.2, 0.25) is 0 Å². The number of benzene rings is 1. The Bertz CT molecular complexity index is 1710. The standard InChI is InChI=1S/C30H38N8O5/c1-18-20-10-9-19(13-22(20)35(8)34-18)26(39)33-24-17-37-15-21(32-25(37)14-31-24)23-16-36(27(40)42-29(2,3)4)11-12-38(23)28(41)43-30(5,6)7/h9-10,13-15,17,23H,11-12,16H2,1-8H3,(H,33,39). The summed E-state index contributed by atoms with van der Waals surface area (Å²) >= 11 is 0. The summed E-state index contributed by atoms with van der Waals surface area (Å²) < 4.78 is 14.7. The minimum absolute atomic E-state index is 0.172. The highest BCUT2D eigenvalue weighted by atomic mass is 16.6. The minimum atomic E-state index is -0.694. The number of nitrogens with one attached hydrogen (secondary N) is 1. The van der Waals surface area contributed by atoms with Crippen molar-refractivity contribution in [3.63, 3.8) is 0 Å². The summed E-state index contributed by atoms with van der Waals surface area (Å²) in [5, 5.41) is 8.24. The third-order valence-electron chi connectivity index (χ3n) is 6.90. The molecule has 0 saturated carbocycles. The summed E-state index contributed by atoms with van der Waals surface area (Å²) in [6.07, 6.45) is 4.00. The zero-order chi connectivity index (χ0) is 31.3. The molecule has 4 aromatic rings. The second-order valence-corrected chi connectivity index (χ2v) is 12.7. The van der Waals surface area contributed by atoms with Crippen LogP contribution in [0.25, 0.3) is 16.6 Å². The predicted molar refractivity (Wildman–Crippen MR) is 160 cm³/mol. The molecule has 3 amide bonds. The summed E-state index contributed by atoms with van der Waals surface area (Å²) in [5.74, 6) is 0.00934. The molecule has 5 rings (SSSR count). The van der Waals surface area contributed by atoms with Gasteiger partial charge in [-0.25, -0.2) is 19.6 Å². The van der Waals surface area contributed by atoms with Crippen LogP contribution in [0.5, 0.6) is 0 Å². The molecule has 1 N–H and O–H groups in total. The Morgan fingerprint density at radius 3 is 2.37 bits per heavy atom. The fourth-order valence-corrected chi connectivity index (χ4v) is 4.98. The molecule has 43 heavy (non-hydrogen) atoms. The van der Waals surface area contributed by atoms with E-state index >= 15 is 0 Å². The zero-order valence-electron chi connectivity index (χ0n) is 25.8. The topological polar surface area (TPSA) is 136 Å². The van der Waals surface area contributed by atoms with Crippen molar-refractivity contribution in [3.8, 4) is 0 Å². The Kier molecular flexibility index (Phi) is 7.53. The van der Waals surface area contributed by atoms with Crippen LogP contribution < -0.4 is 5.32 Å². The van der Waals surface area contributed by atoms with Crippen LogP contribution in [-0.2, 0) is 16.5 Å². The molecule has 1 saturated heterocycles. The van der Waals surface area contributed by atoms with E-state index in [1.165, 1.54) is 0 Å². The fourth-order valence-electron chi connectivity index (χ4n) is 4.98. The van der Waals surface area contributed by atoms with Gasteiger partial charge < -0.3 is 24.1 Å². The third kappa shape index (κ3) is 6.55. The van der Waals surface area contributed by atoms with Crippen LogP contribution in [0.1, 0.15) is 69.3 Å². The van der Waals surface area contributed by atoms with E-state index in [1.807, 2.05) is 40.8 Å². The first-order valence-corrected chi connectivity index (χ1v) is 14.1. The lowest BCUT2D eigenvalue weighted by molar-refractivity contribution is -0.0157. The Morgan fingerprint density at radius 1 is 0.977 bits per heavy atom. The number of ether oxygens (including phenoxy) is 2. The Balaban J connectivity index is 1.40. The zero-order valence-corrected chi connectivity index (χ0v) is 25.8. The van der Waals surface area contributed by atoms with Crippen molar-refractivity contribution in [2.45, 2.75) is 65.7 Å². The van der Waals surface area contributed by atoms with E-state index < -0.39 is 29.4 Å². The summed E-state index contributed by atoms with van der Waals surface area (Å²) in [6, 6.07) is 4.84. The first-order valence-electron chi connectivity index (χ1n) is 14.1. The predicted octanol–water partition coefficient (Wildman–Crippen LogP) is 4.71. The number of hydrogen-bond donors (Lipinski definition) is 1. The molecule has 0 radical (unpaired) electrons. The van der Waals surface area contributed by atoms with Gasteiger partial charge in [-0.2, -0.15) is 5.10 Å². The lowest BCUT2D eigenvalue weighted by Crippen LogP contribution is -2.54. The number of piperazine rings is 1. The second kappa shape index (κ2) is 10.9. The van der Waals surface area contributed by atoms with Gasteiger partial charge in [0.15, 0.2) is 5.65 Å². The average molecular weight is 591 g/mol. The smallest absolute Gasteiger partial charge is 0.410 e. The summed E-state index contributed by atoms with van der Waals surface area (Å²) in [5.41, 5.74) is 1.92. The highest BCUT2D eigenvalue weighted by molar-refractivity contribution is 6.05. The Morgan fingerprint density at radius 2 is 1.67 bits per heavy atom. The first-order chi connectivity index (χ1) is 20.1. The van der Waals surface area contributed by atoms with Crippen molar-refractivity contribution >= 4 is 40.5 Å². The number of carbonyl (C=O) groups is 3. The molecule has 0 bridgehead atoms. The molecule has 13 heteroatoms. The van der Waals surface area contributed by atoms with Crippen molar-refractivity contribution < 1.29 is 23.9 Å². The van der Waals surface area contributed by atoms with Crippen LogP contribution in [-0.4, -0.2) is 82.9 Å². The molecule has 1 fully saturated rings. The SMILES string of the molecule is Cc1nn(C)c2cc(C(=O)Nc3cn4cc(C5CN(C(=O)OC(C)(C)C)CCN5C(=O)OC(C)(C)C)nc4cn3)ccc12. The summed E-state index contributed by atoms with van der Waals surface area (Å²) in [7, 11) is 1.84. The summed E-state index contributed by atoms with van der Waals surface area (Å²) in [4.78, 5) is 51.4. The van der Waals surface area contributed by atoms with Gasteiger partial charge in [-0.1, -0.05) is 6.07 Å². The summed E-state index contributed by atoms with van der Waals surface area (Å²) in [6.45, 7) is 13.5. The molecule has 0 aliphatic carbocycles.